The van der Waals surface area contributed by atoms with Gasteiger partial charge in [0.2, 0.25) is 0 Å². The van der Waals surface area contributed by atoms with Crippen LogP contribution in [0.4, 0.5) is 4.39 Å². The SMILES string of the molecule is Cc1ccc([C@@H](C2CCCCC2)N2CCNCC2)c(O)c1F.Cl.Cl. The normalized spacial score (nSPS) is 20.8. The first-order valence-electron chi connectivity index (χ1n) is 8.61. The predicted molar refractivity (Wildman–Crippen MR) is 101 cm³/mol. The number of aryl methyl sites for hydroxylation is 1. The van der Waals surface area contributed by atoms with Gasteiger partial charge in [-0.3, -0.25) is 4.90 Å². The van der Waals surface area contributed by atoms with Crippen molar-refractivity contribution in [2.45, 2.75) is 45.1 Å². The highest BCUT2D eigenvalue weighted by Crippen LogP contribution is 2.42. The molecule has 0 aromatic heterocycles. The average Bonchev–Trinajstić information content (AvgIpc) is 2.57. The molecule has 3 nitrogen and oxygen atoms in total. The molecule has 2 N–H and O–H groups in total. The number of benzene rings is 1. The van der Waals surface area contributed by atoms with E-state index in [-0.39, 0.29) is 36.6 Å². The van der Waals surface area contributed by atoms with Crippen molar-refractivity contribution >= 4 is 24.8 Å². The van der Waals surface area contributed by atoms with Gasteiger partial charge >= 0.3 is 0 Å². The molecular formula is C18H29Cl2FN2O. The van der Waals surface area contributed by atoms with Gasteiger partial charge in [0.15, 0.2) is 11.6 Å². The molecule has 1 aromatic rings. The summed E-state index contributed by atoms with van der Waals surface area (Å²) < 4.78 is 14.2. The molecule has 0 amide bonds. The highest BCUT2D eigenvalue weighted by Gasteiger charge is 2.33. The molecule has 0 radical (unpaired) electrons. The number of nitrogens with one attached hydrogen (secondary N) is 1. The number of halogens is 3. The van der Waals surface area contributed by atoms with E-state index < -0.39 is 5.82 Å². The lowest BCUT2D eigenvalue weighted by atomic mass is 9.79. The fourth-order valence-corrected chi connectivity index (χ4v) is 4.08. The van der Waals surface area contributed by atoms with Crippen molar-refractivity contribution in [1.29, 1.82) is 0 Å². The maximum Gasteiger partial charge on any atom is 0.168 e. The average molecular weight is 379 g/mol. The summed E-state index contributed by atoms with van der Waals surface area (Å²) >= 11 is 0. The molecule has 1 atom stereocenters. The lowest BCUT2D eigenvalue weighted by molar-refractivity contribution is 0.101. The third-order valence-corrected chi connectivity index (χ3v) is 5.30. The maximum absolute atomic E-state index is 14.2. The van der Waals surface area contributed by atoms with E-state index in [0.717, 1.165) is 31.7 Å². The smallest absolute Gasteiger partial charge is 0.168 e. The summed E-state index contributed by atoms with van der Waals surface area (Å²) in [6.07, 6.45) is 6.18. The molecule has 6 heteroatoms. The van der Waals surface area contributed by atoms with Crippen LogP contribution < -0.4 is 5.32 Å². The molecule has 1 heterocycles. The number of piperazine rings is 1. The van der Waals surface area contributed by atoms with Crippen LogP contribution in [0.25, 0.3) is 0 Å². The van der Waals surface area contributed by atoms with Crippen LogP contribution in [-0.2, 0) is 0 Å². The minimum atomic E-state index is -0.451. The van der Waals surface area contributed by atoms with Crippen LogP contribution in [0, 0.1) is 18.7 Å². The summed E-state index contributed by atoms with van der Waals surface area (Å²) in [5.74, 6) is -0.0533. The molecule has 138 valence electrons. The van der Waals surface area contributed by atoms with E-state index in [4.69, 9.17) is 0 Å². The van der Waals surface area contributed by atoms with Gasteiger partial charge in [-0.25, -0.2) is 4.39 Å². The Balaban J connectivity index is 0.00000144. The highest BCUT2D eigenvalue weighted by molar-refractivity contribution is 5.85. The summed E-state index contributed by atoms with van der Waals surface area (Å²) in [5, 5.41) is 13.8. The summed E-state index contributed by atoms with van der Waals surface area (Å²) in [4.78, 5) is 2.44. The molecule has 2 aliphatic rings. The van der Waals surface area contributed by atoms with Gasteiger partial charge in [0.05, 0.1) is 0 Å². The summed E-state index contributed by atoms with van der Waals surface area (Å²) in [7, 11) is 0. The van der Waals surface area contributed by atoms with Crippen LogP contribution >= 0.6 is 24.8 Å². The Kier molecular flexibility index (Phi) is 8.78. The van der Waals surface area contributed by atoms with Crippen molar-refractivity contribution in [3.05, 3.63) is 29.1 Å². The van der Waals surface area contributed by atoms with Crippen molar-refractivity contribution in [3.63, 3.8) is 0 Å². The van der Waals surface area contributed by atoms with Crippen molar-refractivity contribution in [2.75, 3.05) is 26.2 Å². The van der Waals surface area contributed by atoms with Gasteiger partial charge in [-0.1, -0.05) is 31.4 Å². The maximum atomic E-state index is 14.2. The Morgan fingerprint density at radius 2 is 1.75 bits per heavy atom. The monoisotopic (exact) mass is 378 g/mol. The van der Waals surface area contributed by atoms with Crippen LogP contribution in [0.1, 0.15) is 49.3 Å². The number of hydrogen-bond acceptors (Lipinski definition) is 3. The fraction of sp³-hybridized carbons (Fsp3) is 0.667. The second kappa shape index (κ2) is 9.81. The van der Waals surface area contributed by atoms with Crippen LogP contribution in [0.3, 0.4) is 0 Å². The van der Waals surface area contributed by atoms with Crippen LogP contribution in [0.5, 0.6) is 5.75 Å². The topological polar surface area (TPSA) is 35.5 Å². The van der Waals surface area contributed by atoms with E-state index in [1.165, 1.54) is 32.1 Å². The first kappa shape index (κ1) is 21.5. The lowest BCUT2D eigenvalue weighted by Gasteiger charge is -2.41. The predicted octanol–water partition coefficient (Wildman–Crippen LogP) is 4.21. The molecule has 1 saturated heterocycles. The molecule has 24 heavy (non-hydrogen) atoms. The number of aromatic hydroxyl groups is 1. The number of hydrogen-bond donors (Lipinski definition) is 2. The van der Waals surface area contributed by atoms with E-state index in [1.54, 1.807) is 6.92 Å². The zero-order chi connectivity index (χ0) is 15.5. The molecule has 2 fully saturated rings. The van der Waals surface area contributed by atoms with Crippen LogP contribution in [-0.4, -0.2) is 36.2 Å². The van der Waals surface area contributed by atoms with E-state index in [9.17, 15) is 9.50 Å². The molecular weight excluding hydrogens is 350 g/mol. The van der Waals surface area contributed by atoms with Gasteiger partial charge in [-0.05, 0) is 31.2 Å². The van der Waals surface area contributed by atoms with Crippen molar-refractivity contribution in [3.8, 4) is 5.75 Å². The highest BCUT2D eigenvalue weighted by atomic mass is 35.5. The minimum Gasteiger partial charge on any atom is -0.505 e. The minimum absolute atomic E-state index is 0. The van der Waals surface area contributed by atoms with Gasteiger partial charge in [-0.15, -0.1) is 24.8 Å². The molecule has 0 spiro atoms. The number of rotatable bonds is 3. The van der Waals surface area contributed by atoms with Crippen LogP contribution in [0.15, 0.2) is 12.1 Å². The zero-order valence-corrected chi connectivity index (χ0v) is 15.9. The van der Waals surface area contributed by atoms with Gasteiger partial charge in [0, 0.05) is 37.8 Å². The van der Waals surface area contributed by atoms with Gasteiger partial charge < -0.3 is 10.4 Å². The van der Waals surface area contributed by atoms with E-state index in [2.05, 4.69) is 10.2 Å². The largest absolute Gasteiger partial charge is 0.505 e. The third-order valence-electron chi connectivity index (χ3n) is 5.30. The van der Waals surface area contributed by atoms with Gasteiger partial charge in [0.1, 0.15) is 0 Å². The summed E-state index contributed by atoms with van der Waals surface area (Å²) in [6, 6.07) is 3.90. The summed E-state index contributed by atoms with van der Waals surface area (Å²) in [5.41, 5.74) is 1.31. The second-order valence-electron chi connectivity index (χ2n) is 6.76. The Labute approximate surface area is 156 Å². The standard InChI is InChI=1S/C18H27FN2O.2ClH/c1-13-7-8-15(18(22)16(13)19)17(14-5-3-2-4-6-14)21-11-9-20-10-12-21;;/h7-8,14,17,20,22H,2-6,9-12H2,1H3;2*1H/t17-;;/m1../s1. The van der Waals surface area contributed by atoms with Crippen molar-refractivity contribution < 1.29 is 9.50 Å². The molecule has 1 aliphatic heterocycles. The van der Waals surface area contributed by atoms with E-state index in [1.807, 2.05) is 12.1 Å². The second-order valence-corrected chi connectivity index (χ2v) is 6.76. The molecule has 0 bridgehead atoms. The number of phenols is 1. The summed E-state index contributed by atoms with van der Waals surface area (Å²) in [6.45, 7) is 5.59. The van der Waals surface area contributed by atoms with Gasteiger partial charge in [0.25, 0.3) is 0 Å². The number of nitrogens with zero attached hydrogens (tertiary/aromatic N) is 1. The zero-order valence-electron chi connectivity index (χ0n) is 14.3. The Hall–Kier alpha value is -0.550. The molecule has 1 aromatic carbocycles. The van der Waals surface area contributed by atoms with Crippen molar-refractivity contribution in [2.24, 2.45) is 5.92 Å². The molecule has 1 aliphatic carbocycles. The molecule has 3 rings (SSSR count). The molecule has 0 unspecified atom stereocenters. The Bertz CT molecular complexity index is 500. The fourth-order valence-electron chi connectivity index (χ4n) is 4.08. The Morgan fingerprint density at radius 1 is 1.12 bits per heavy atom. The van der Waals surface area contributed by atoms with Gasteiger partial charge in [-0.2, -0.15) is 0 Å². The molecule has 1 saturated carbocycles. The van der Waals surface area contributed by atoms with Crippen molar-refractivity contribution in [1.82, 2.24) is 10.2 Å². The van der Waals surface area contributed by atoms with E-state index in [0.29, 0.717) is 11.5 Å². The lowest BCUT2D eigenvalue weighted by Crippen LogP contribution is -2.47. The van der Waals surface area contributed by atoms with E-state index >= 15 is 0 Å². The quantitative estimate of drug-likeness (QED) is 0.826. The first-order valence-corrected chi connectivity index (χ1v) is 8.61. The first-order chi connectivity index (χ1) is 10.7. The Morgan fingerprint density at radius 3 is 2.38 bits per heavy atom. The third kappa shape index (κ3) is 4.54. The number of phenolic OH excluding ortho intramolecular Hbond substituents is 1. The van der Waals surface area contributed by atoms with Crippen LogP contribution in [0.2, 0.25) is 0 Å².